The molecule has 0 aromatic heterocycles. The van der Waals surface area contributed by atoms with E-state index in [9.17, 15) is 24.3 Å². The molecule has 0 aliphatic carbocycles. The van der Waals surface area contributed by atoms with E-state index >= 15 is 0 Å². The first-order valence-electron chi connectivity index (χ1n) is 18.3. The van der Waals surface area contributed by atoms with E-state index in [2.05, 4.69) is 33.4 Å². The molecule has 0 fully saturated rings. The lowest BCUT2D eigenvalue weighted by Gasteiger charge is -2.16. The molecule has 0 heterocycles. The summed E-state index contributed by atoms with van der Waals surface area (Å²) in [6.07, 6.45) is 25.2. The van der Waals surface area contributed by atoms with Gasteiger partial charge in [-0.25, -0.2) is 38.7 Å². The number of rotatable bonds is 30. The summed E-state index contributed by atoms with van der Waals surface area (Å²) in [6, 6.07) is 0. The zero-order chi connectivity index (χ0) is 33.4. The summed E-state index contributed by atoms with van der Waals surface area (Å²) in [4.78, 5) is 66.6. The van der Waals surface area contributed by atoms with Crippen LogP contribution in [-0.2, 0) is 38.7 Å². The molecule has 0 radical (unpaired) electrons. The standard InChI is InChI=1S/C36H66O9/c1-4-6-8-10-12-14-16-18-20-22-24-28-33(38)42-43-35(40)30-26-27-32(31(3)37)36(41)45-44-34(39)29-25-23-21-19-17-15-13-11-9-7-5-2/h31-32,37H,4-30H2,1-3H3. The molecule has 45 heavy (non-hydrogen) atoms. The maximum absolute atomic E-state index is 12.3. The molecule has 9 nitrogen and oxygen atoms in total. The molecule has 264 valence electrons. The van der Waals surface area contributed by atoms with Crippen molar-refractivity contribution < 1.29 is 43.8 Å². The Balaban J connectivity index is 3.86. The van der Waals surface area contributed by atoms with E-state index in [0.29, 0.717) is 12.8 Å². The number of hydrogen-bond donors (Lipinski definition) is 1. The second kappa shape index (κ2) is 31.8. The van der Waals surface area contributed by atoms with E-state index in [1.165, 1.54) is 103 Å². The smallest absolute Gasteiger partial charge is 0.361 e. The predicted octanol–water partition coefficient (Wildman–Crippen LogP) is 9.56. The highest BCUT2D eigenvalue weighted by Gasteiger charge is 2.27. The highest BCUT2D eigenvalue weighted by atomic mass is 17.2. The molecule has 9 heteroatoms. The fourth-order valence-corrected chi connectivity index (χ4v) is 5.26. The minimum absolute atomic E-state index is 0.106. The highest BCUT2D eigenvalue weighted by Crippen LogP contribution is 2.17. The van der Waals surface area contributed by atoms with Gasteiger partial charge in [-0.3, -0.25) is 0 Å². The fourth-order valence-electron chi connectivity index (χ4n) is 5.26. The maximum Gasteiger partial charge on any atom is 0.361 e. The van der Waals surface area contributed by atoms with E-state index in [1.807, 2.05) is 0 Å². The van der Waals surface area contributed by atoms with Gasteiger partial charge in [0.1, 0.15) is 0 Å². The molecule has 0 saturated carbocycles. The number of aliphatic hydroxyl groups excluding tert-OH is 1. The van der Waals surface area contributed by atoms with E-state index < -0.39 is 35.9 Å². The molecular formula is C36H66O9. The molecule has 0 amide bonds. The summed E-state index contributed by atoms with van der Waals surface area (Å²) in [6.45, 7) is 5.87. The third kappa shape index (κ3) is 29.0. The number of carbonyl (C=O) groups excluding carboxylic acids is 4. The molecule has 2 unspecified atom stereocenters. The summed E-state index contributed by atoms with van der Waals surface area (Å²) in [5, 5.41) is 9.98. The summed E-state index contributed by atoms with van der Waals surface area (Å²) in [5.41, 5.74) is 0. The van der Waals surface area contributed by atoms with Gasteiger partial charge in [0, 0.05) is 0 Å². The third-order valence-electron chi connectivity index (χ3n) is 8.19. The Labute approximate surface area is 273 Å². The van der Waals surface area contributed by atoms with Crippen LogP contribution >= 0.6 is 0 Å². The van der Waals surface area contributed by atoms with E-state index in [0.717, 1.165) is 32.1 Å². The Morgan fingerprint density at radius 1 is 0.444 bits per heavy atom. The van der Waals surface area contributed by atoms with Gasteiger partial charge in [-0.2, -0.15) is 0 Å². The number of aliphatic hydroxyl groups is 1. The molecule has 1 N–H and O–H groups in total. The van der Waals surface area contributed by atoms with E-state index in [4.69, 9.17) is 0 Å². The number of hydrogen-bond acceptors (Lipinski definition) is 9. The first kappa shape index (κ1) is 42.8. The van der Waals surface area contributed by atoms with Crippen molar-refractivity contribution in [2.75, 3.05) is 0 Å². The molecular weight excluding hydrogens is 576 g/mol. The maximum atomic E-state index is 12.3. The van der Waals surface area contributed by atoms with Crippen LogP contribution in [0.3, 0.4) is 0 Å². The first-order chi connectivity index (χ1) is 21.8. The molecule has 0 saturated heterocycles. The molecule has 0 aliphatic rings. The third-order valence-corrected chi connectivity index (χ3v) is 8.19. The second-order valence-electron chi connectivity index (χ2n) is 12.6. The zero-order valence-corrected chi connectivity index (χ0v) is 29.0. The largest absolute Gasteiger partial charge is 0.393 e. The highest BCUT2D eigenvalue weighted by molar-refractivity contribution is 5.75. The van der Waals surface area contributed by atoms with E-state index in [1.54, 1.807) is 0 Å². The van der Waals surface area contributed by atoms with Gasteiger partial charge in [0.05, 0.1) is 31.3 Å². The minimum atomic E-state index is -1.07. The van der Waals surface area contributed by atoms with Crippen LogP contribution < -0.4 is 0 Å². The monoisotopic (exact) mass is 642 g/mol. The second-order valence-corrected chi connectivity index (χ2v) is 12.6. The van der Waals surface area contributed by atoms with Crippen molar-refractivity contribution in [2.45, 2.75) is 200 Å². The molecule has 0 rings (SSSR count). The van der Waals surface area contributed by atoms with Crippen molar-refractivity contribution in [2.24, 2.45) is 5.92 Å². The van der Waals surface area contributed by atoms with E-state index in [-0.39, 0.29) is 32.1 Å². The van der Waals surface area contributed by atoms with Crippen LogP contribution in [0.1, 0.15) is 194 Å². The Bertz CT molecular complexity index is 738. The van der Waals surface area contributed by atoms with Crippen LogP contribution in [0.5, 0.6) is 0 Å². The average Bonchev–Trinajstić information content (AvgIpc) is 3.02. The molecule has 0 aromatic rings. The fraction of sp³-hybridized carbons (Fsp3) is 0.889. The Kier molecular flexibility index (Phi) is 30.3. The SMILES string of the molecule is CCCCCCCCCCCCCC(=O)OOC(=O)CCCC(C(=O)OOC(=O)CCCCCCCCCCCCC)C(C)O. The minimum Gasteiger partial charge on any atom is -0.393 e. The van der Waals surface area contributed by atoms with Crippen molar-refractivity contribution >= 4 is 23.9 Å². The van der Waals surface area contributed by atoms with Gasteiger partial charge in [-0.1, -0.05) is 142 Å². The quantitative estimate of drug-likeness (QED) is 0.0463. The molecule has 0 bridgehead atoms. The zero-order valence-electron chi connectivity index (χ0n) is 29.0. The van der Waals surface area contributed by atoms with Gasteiger partial charge in [0.25, 0.3) is 0 Å². The van der Waals surface area contributed by atoms with Crippen molar-refractivity contribution in [1.82, 2.24) is 0 Å². The average molecular weight is 643 g/mol. The summed E-state index contributed by atoms with van der Waals surface area (Å²) in [7, 11) is 0. The molecule has 2 atom stereocenters. The van der Waals surface area contributed by atoms with Crippen LogP contribution in [0.15, 0.2) is 0 Å². The molecule has 0 aliphatic heterocycles. The first-order valence-corrected chi connectivity index (χ1v) is 18.3. The summed E-state index contributed by atoms with van der Waals surface area (Å²) in [5.74, 6) is -3.79. The van der Waals surface area contributed by atoms with Gasteiger partial charge in [-0.15, -0.1) is 0 Å². The molecule has 0 spiro atoms. The Hall–Kier alpha value is -2.16. The Morgan fingerprint density at radius 2 is 0.733 bits per heavy atom. The number of unbranched alkanes of at least 4 members (excludes halogenated alkanes) is 20. The predicted molar refractivity (Wildman–Crippen MR) is 176 cm³/mol. The van der Waals surface area contributed by atoms with Crippen molar-refractivity contribution in [3.8, 4) is 0 Å². The van der Waals surface area contributed by atoms with Crippen LogP contribution in [-0.4, -0.2) is 35.1 Å². The van der Waals surface area contributed by atoms with Crippen LogP contribution in [0.25, 0.3) is 0 Å². The van der Waals surface area contributed by atoms with Gasteiger partial charge < -0.3 is 5.11 Å². The van der Waals surface area contributed by atoms with Crippen LogP contribution in [0.4, 0.5) is 0 Å². The lowest BCUT2D eigenvalue weighted by molar-refractivity contribution is -0.264. The lowest BCUT2D eigenvalue weighted by atomic mass is 9.97. The van der Waals surface area contributed by atoms with Crippen molar-refractivity contribution in [1.29, 1.82) is 0 Å². The van der Waals surface area contributed by atoms with Crippen LogP contribution in [0.2, 0.25) is 0 Å². The lowest BCUT2D eigenvalue weighted by Crippen LogP contribution is -2.29. The number of carbonyl (C=O) groups is 4. The van der Waals surface area contributed by atoms with Gasteiger partial charge in [-0.05, 0) is 32.6 Å². The summed E-state index contributed by atoms with van der Waals surface area (Å²) < 4.78 is 0. The topological polar surface area (TPSA) is 125 Å². The van der Waals surface area contributed by atoms with Gasteiger partial charge in [0.2, 0.25) is 0 Å². The normalized spacial score (nSPS) is 12.4. The van der Waals surface area contributed by atoms with Crippen LogP contribution in [0, 0.1) is 5.92 Å². The van der Waals surface area contributed by atoms with Crippen molar-refractivity contribution in [3.05, 3.63) is 0 Å². The Morgan fingerprint density at radius 3 is 1.07 bits per heavy atom. The van der Waals surface area contributed by atoms with Gasteiger partial charge >= 0.3 is 23.9 Å². The van der Waals surface area contributed by atoms with Gasteiger partial charge in [0.15, 0.2) is 0 Å². The summed E-state index contributed by atoms with van der Waals surface area (Å²) >= 11 is 0. The molecule has 0 aromatic carbocycles. The van der Waals surface area contributed by atoms with Crippen molar-refractivity contribution in [3.63, 3.8) is 0 Å².